The predicted molar refractivity (Wildman–Crippen MR) is 51.8 cm³/mol. The van der Waals surface area contributed by atoms with Crippen LogP contribution in [-0.2, 0) is 0 Å². The van der Waals surface area contributed by atoms with E-state index in [2.05, 4.69) is 38.7 Å². The smallest absolute Gasteiger partial charge is 0.0300 e. The van der Waals surface area contributed by atoms with Crippen molar-refractivity contribution < 1.29 is 0 Å². The van der Waals surface area contributed by atoms with Gasteiger partial charge in [0.2, 0.25) is 0 Å². The lowest BCUT2D eigenvalue weighted by atomic mass is 9.97. The quantitative estimate of drug-likeness (QED) is 0.430. The van der Waals surface area contributed by atoms with Crippen molar-refractivity contribution in [3.8, 4) is 0 Å². The molecule has 0 N–H and O–H groups in total. The molecule has 0 saturated carbocycles. The SMILES string of the molecule is C=CC(=C)/C(=C\N=C)C(C)C. The van der Waals surface area contributed by atoms with Gasteiger partial charge in [-0.1, -0.05) is 33.1 Å². The molecular weight excluding hydrogens is 134 g/mol. The third-order valence-electron chi connectivity index (χ3n) is 1.47. The topological polar surface area (TPSA) is 12.4 Å². The van der Waals surface area contributed by atoms with E-state index in [1.54, 1.807) is 12.3 Å². The molecule has 0 aliphatic rings. The Bertz CT molecular complexity index is 197. The van der Waals surface area contributed by atoms with Gasteiger partial charge in [-0.25, -0.2) is 0 Å². The molecular formula is C10H15N. The number of allylic oxidation sites excluding steroid dienone is 3. The summed E-state index contributed by atoms with van der Waals surface area (Å²) in [5.74, 6) is 0.422. The van der Waals surface area contributed by atoms with Crippen molar-refractivity contribution in [3.63, 3.8) is 0 Å². The Hall–Kier alpha value is -1.11. The largest absolute Gasteiger partial charge is 0.272 e. The van der Waals surface area contributed by atoms with Crippen LogP contribution in [0.2, 0.25) is 0 Å². The van der Waals surface area contributed by atoms with Crippen molar-refractivity contribution in [2.45, 2.75) is 13.8 Å². The summed E-state index contributed by atoms with van der Waals surface area (Å²) in [6, 6.07) is 0. The number of hydrogen-bond acceptors (Lipinski definition) is 1. The fourth-order valence-corrected chi connectivity index (χ4v) is 0.819. The molecule has 1 heteroatoms. The van der Waals surface area contributed by atoms with Crippen LogP contribution in [0, 0.1) is 5.92 Å². The molecule has 0 bridgehead atoms. The Morgan fingerprint density at radius 1 is 1.45 bits per heavy atom. The summed E-state index contributed by atoms with van der Waals surface area (Å²) in [6.45, 7) is 15.1. The van der Waals surface area contributed by atoms with Crippen molar-refractivity contribution >= 4 is 6.72 Å². The van der Waals surface area contributed by atoms with Gasteiger partial charge in [0.05, 0.1) is 0 Å². The molecule has 0 spiro atoms. The standard InChI is InChI=1S/C10H15N/c1-6-9(4)10(7-11-5)8(2)3/h6-8H,1,4-5H2,2-3H3/b10-7-. The first kappa shape index (κ1) is 9.89. The maximum Gasteiger partial charge on any atom is 0.0300 e. The molecule has 0 atom stereocenters. The molecule has 0 aliphatic heterocycles. The first-order valence-electron chi connectivity index (χ1n) is 3.61. The molecule has 0 saturated heterocycles. The van der Waals surface area contributed by atoms with E-state index in [4.69, 9.17) is 0 Å². The summed E-state index contributed by atoms with van der Waals surface area (Å²) < 4.78 is 0. The van der Waals surface area contributed by atoms with Crippen molar-refractivity contribution in [3.05, 3.63) is 36.6 Å². The second-order valence-electron chi connectivity index (χ2n) is 2.65. The molecule has 1 nitrogen and oxygen atoms in total. The van der Waals surface area contributed by atoms with Crippen LogP contribution in [0.1, 0.15) is 13.8 Å². The summed E-state index contributed by atoms with van der Waals surface area (Å²) in [7, 11) is 0. The highest BCUT2D eigenvalue weighted by molar-refractivity contribution is 5.39. The van der Waals surface area contributed by atoms with Crippen molar-refractivity contribution in [2.75, 3.05) is 0 Å². The summed E-state index contributed by atoms with van der Waals surface area (Å²) >= 11 is 0. The molecule has 0 radical (unpaired) electrons. The number of hydrogen-bond donors (Lipinski definition) is 0. The molecule has 0 amide bonds. The molecule has 0 rings (SSSR count). The highest BCUT2D eigenvalue weighted by atomic mass is 14.6. The van der Waals surface area contributed by atoms with Gasteiger partial charge in [-0.2, -0.15) is 0 Å². The minimum Gasteiger partial charge on any atom is -0.272 e. The lowest BCUT2D eigenvalue weighted by molar-refractivity contribution is 0.781. The molecule has 60 valence electrons. The molecule has 0 fully saturated rings. The molecule has 11 heavy (non-hydrogen) atoms. The highest BCUT2D eigenvalue weighted by Crippen LogP contribution is 2.18. The van der Waals surface area contributed by atoms with Crippen LogP contribution >= 0.6 is 0 Å². The van der Waals surface area contributed by atoms with Crippen LogP contribution in [0.15, 0.2) is 41.6 Å². The van der Waals surface area contributed by atoms with Crippen LogP contribution in [0.3, 0.4) is 0 Å². The van der Waals surface area contributed by atoms with Gasteiger partial charge in [0.15, 0.2) is 0 Å². The van der Waals surface area contributed by atoms with Crippen molar-refractivity contribution in [2.24, 2.45) is 10.9 Å². The van der Waals surface area contributed by atoms with Crippen LogP contribution in [0.4, 0.5) is 0 Å². The van der Waals surface area contributed by atoms with Gasteiger partial charge in [0.25, 0.3) is 0 Å². The van der Waals surface area contributed by atoms with Gasteiger partial charge in [0, 0.05) is 6.20 Å². The predicted octanol–water partition coefficient (Wildman–Crippen LogP) is 2.97. The zero-order valence-electron chi connectivity index (χ0n) is 7.30. The second-order valence-corrected chi connectivity index (χ2v) is 2.65. The zero-order chi connectivity index (χ0) is 8.85. The Morgan fingerprint density at radius 2 is 2.00 bits per heavy atom. The van der Waals surface area contributed by atoms with Crippen LogP contribution in [0.5, 0.6) is 0 Å². The van der Waals surface area contributed by atoms with Crippen molar-refractivity contribution in [1.29, 1.82) is 0 Å². The monoisotopic (exact) mass is 149 g/mol. The molecule has 0 aromatic heterocycles. The van der Waals surface area contributed by atoms with Gasteiger partial charge in [-0.3, -0.25) is 4.99 Å². The van der Waals surface area contributed by atoms with E-state index in [1.807, 2.05) is 0 Å². The van der Waals surface area contributed by atoms with Gasteiger partial charge < -0.3 is 0 Å². The van der Waals surface area contributed by atoms with Gasteiger partial charge in [-0.05, 0) is 23.8 Å². The molecule has 0 aromatic rings. The average Bonchev–Trinajstić information content (AvgIpc) is 1.98. The Labute approximate surface area is 68.9 Å². The van der Waals surface area contributed by atoms with Crippen LogP contribution in [-0.4, -0.2) is 6.72 Å². The summed E-state index contributed by atoms with van der Waals surface area (Å²) in [4.78, 5) is 3.71. The maximum absolute atomic E-state index is 3.84. The maximum atomic E-state index is 3.84. The fraction of sp³-hybridized carbons (Fsp3) is 0.300. The van der Waals surface area contributed by atoms with E-state index in [9.17, 15) is 0 Å². The lowest BCUT2D eigenvalue weighted by Crippen LogP contribution is -1.94. The number of nitrogens with zero attached hydrogens (tertiary/aromatic N) is 1. The lowest BCUT2D eigenvalue weighted by Gasteiger charge is -2.09. The van der Waals surface area contributed by atoms with E-state index in [0.29, 0.717) is 5.92 Å². The number of aliphatic imine (C=N–C) groups is 1. The first-order valence-corrected chi connectivity index (χ1v) is 3.61. The van der Waals surface area contributed by atoms with Gasteiger partial charge in [-0.15, -0.1) is 0 Å². The fourth-order valence-electron chi connectivity index (χ4n) is 0.819. The van der Waals surface area contributed by atoms with E-state index in [0.717, 1.165) is 11.1 Å². The van der Waals surface area contributed by atoms with E-state index in [-0.39, 0.29) is 0 Å². The first-order chi connectivity index (χ1) is 5.13. The Kier molecular flexibility index (Phi) is 4.20. The zero-order valence-corrected chi connectivity index (χ0v) is 7.30. The third-order valence-corrected chi connectivity index (χ3v) is 1.47. The third kappa shape index (κ3) is 2.99. The highest BCUT2D eigenvalue weighted by Gasteiger charge is 2.03. The normalized spacial score (nSPS) is 11.4. The average molecular weight is 149 g/mol. The van der Waals surface area contributed by atoms with E-state index in [1.165, 1.54) is 0 Å². The van der Waals surface area contributed by atoms with E-state index >= 15 is 0 Å². The second kappa shape index (κ2) is 4.67. The minimum absolute atomic E-state index is 0.422. The van der Waals surface area contributed by atoms with Crippen LogP contribution < -0.4 is 0 Å². The van der Waals surface area contributed by atoms with Gasteiger partial charge >= 0.3 is 0 Å². The molecule has 0 heterocycles. The minimum atomic E-state index is 0.422. The van der Waals surface area contributed by atoms with Crippen LogP contribution in [0.25, 0.3) is 0 Å². The van der Waals surface area contributed by atoms with E-state index < -0.39 is 0 Å². The molecule has 0 unspecified atom stereocenters. The summed E-state index contributed by atoms with van der Waals surface area (Å²) in [5.41, 5.74) is 2.02. The molecule has 0 aliphatic carbocycles. The Morgan fingerprint density at radius 3 is 2.27 bits per heavy atom. The Balaban J connectivity index is 4.60. The van der Waals surface area contributed by atoms with Crippen molar-refractivity contribution in [1.82, 2.24) is 0 Å². The van der Waals surface area contributed by atoms with Gasteiger partial charge in [0.1, 0.15) is 0 Å². The number of rotatable bonds is 4. The summed E-state index contributed by atoms with van der Waals surface area (Å²) in [6.07, 6.45) is 3.46. The molecule has 0 aromatic carbocycles. The summed E-state index contributed by atoms with van der Waals surface area (Å²) in [5, 5.41) is 0.